The summed E-state index contributed by atoms with van der Waals surface area (Å²) in [5.74, 6) is 2.02. The predicted molar refractivity (Wildman–Crippen MR) is 252 cm³/mol. The normalized spacial score (nSPS) is 12.2. The lowest BCUT2D eigenvalue weighted by atomic mass is 9.99. The third-order valence-corrected chi connectivity index (χ3v) is 11.4. The second-order valence-corrected chi connectivity index (χ2v) is 16.4. The van der Waals surface area contributed by atoms with Crippen molar-refractivity contribution in [3.05, 3.63) is 167 Å². The molecule has 0 atom stereocenters. The Labute approximate surface area is 383 Å². The van der Waals surface area contributed by atoms with Crippen LogP contribution in [0.5, 0.6) is 23.0 Å². The van der Waals surface area contributed by atoms with Gasteiger partial charge in [0.05, 0.1) is 29.1 Å². The van der Waals surface area contributed by atoms with E-state index in [2.05, 4.69) is 38.8 Å². The number of aryl methyl sites for hydroxylation is 1. The molecule has 10 nitrogen and oxygen atoms in total. The van der Waals surface area contributed by atoms with E-state index in [0.29, 0.717) is 58.0 Å². The highest BCUT2D eigenvalue weighted by molar-refractivity contribution is 6.32. The van der Waals surface area contributed by atoms with Gasteiger partial charge in [-0.25, -0.2) is 14.4 Å². The first kappa shape index (κ1) is 44.8. The molecule has 0 radical (unpaired) electrons. The zero-order valence-corrected chi connectivity index (χ0v) is 36.7. The second-order valence-electron chi connectivity index (χ2n) is 15.9. The lowest BCUT2D eigenvalue weighted by Gasteiger charge is -2.18. The summed E-state index contributed by atoms with van der Waals surface area (Å²) >= 11 is 6.56. The minimum Gasteiger partial charge on any atom is -0.491 e. The number of halogens is 2. The Morgan fingerprint density at radius 3 is 2.25 bits per heavy atom. The van der Waals surface area contributed by atoms with Gasteiger partial charge in [-0.15, -0.1) is 0 Å². The number of aromatic nitrogens is 2. The van der Waals surface area contributed by atoms with E-state index in [1.54, 1.807) is 42.5 Å². The van der Waals surface area contributed by atoms with Crippen molar-refractivity contribution in [2.45, 2.75) is 64.4 Å². The van der Waals surface area contributed by atoms with E-state index in [4.69, 9.17) is 30.5 Å². The van der Waals surface area contributed by atoms with Gasteiger partial charge in [0.15, 0.2) is 0 Å². The van der Waals surface area contributed by atoms with Crippen LogP contribution in [0.25, 0.3) is 22.0 Å². The summed E-state index contributed by atoms with van der Waals surface area (Å²) in [6.45, 7) is 1.95. The number of unbranched alkanes of at least 4 members (excludes halogenated alkanes) is 6. The average Bonchev–Trinajstić information content (AvgIpc) is 3.31. The van der Waals surface area contributed by atoms with E-state index < -0.39 is 5.91 Å². The highest BCUT2D eigenvalue weighted by Gasteiger charge is 2.26. The molecule has 0 bridgehead atoms. The molecule has 332 valence electrons. The molecular formula is C53H50ClFN4O6. The number of anilines is 2. The van der Waals surface area contributed by atoms with E-state index in [-0.39, 0.29) is 24.8 Å². The number of carbonyl (C=O) groups excluding carboxylic acids is 2. The Bertz CT molecular complexity index is 2730. The molecule has 0 saturated carbocycles. The number of hydrogen-bond donors (Lipinski definition) is 2. The van der Waals surface area contributed by atoms with Gasteiger partial charge < -0.3 is 24.3 Å². The maximum Gasteiger partial charge on any atom is 0.261 e. The van der Waals surface area contributed by atoms with Crippen LogP contribution in [0.3, 0.4) is 0 Å². The van der Waals surface area contributed by atoms with Gasteiger partial charge in [0.1, 0.15) is 54.2 Å². The molecule has 0 saturated heterocycles. The van der Waals surface area contributed by atoms with E-state index in [9.17, 15) is 14.0 Å². The highest BCUT2D eigenvalue weighted by atomic mass is 35.5. The molecule has 0 unspecified atom stereocenters. The summed E-state index contributed by atoms with van der Waals surface area (Å²) in [5.41, 5.74) is 6.67. The SMILES string of the molecule is O=C1Cc2cccc(Oc3ccc(CCCCCCCCCOCCOc4ccc(-c5ccc6ncnc(Nc7ccc(OCc8cccc(F)c8)c(Cl)c7)c6c5)cc4)cc3)c2C(=O)N1. The van der Waals surface area contributed by atoms with Gasteiger partial charge in [-0.05, 0) is 120 Å². The molecular weight excluding hydrogens is 843 g/mol. The topological polar surface area (TPSA) is 121 Å². The van der Waals surface area contributed by atoms with Crippen molar-refractivity contribution in [3.8, 4) is 34.1 Å². The van der Waals surface area contributed by atoms with Crippen LogP contribution in [0, 0.1) is 5.82 Å². The quantitative estimate of drug-likeness (QED) is 0.0506. The summed E-state index contributed by atoms with van der Waals surface area (Å²) in [6.07, 6.45) is 10.9. The molecule has 65 heavy (non-hydrogen) atoms. The van der Waals surface area contributed by atoms with Crippen molar-refractivity contribution in [2.24, 2.45) is 0 Å². The van der Waals surface area contributed by atoms with Gasteiger partial charge in [0.25, 0.3) is 5.91 Å². The Balaban J connectivity index is 0.688. The zero-order chi connectivity index (χ0) is 44.8. The first-order valence-corrected chi connectivity index (χ1v) is 22.4. The molecule has 8 rings (SSSR count). The molecule has 1 aliphatic rings. The van der Waals surface area contributed by atoms with Crippen molar-refractivity contribution in [1.29, 1.82) is 0 Å². The Morgan fingerprint density at radius 2 is 1.43 bits per heavy atom. The molecule has 1 aliphatic heterocycles. The molecule has 2 N–H and O–H groups in total. The van der Waals surface area contributed by atoms with E-state index >= 15 is 0 Å². The number of benzene rings is 6. The fraction of sp³-hybridized carbons (Fsp3) is 0.245. The summed E-state index contributed by atoms with van der Waals surface area (Å²) in [6, 6.07) is 39.2. The first-order chi connectivity index (χ1) is 31.8. The zero-order valence-electron chi connectivity index (χ0n) is 36.0. The number of ether oxygens (including phenoxy) is 4. The van der Waals surface area contributed by atoms with Crippen molar-refractivity contribution < 1.29 is 32.9 Å². The molecule has 6 aromatic carbocycles. The van der Waals surface area contributed by atoms with Crippen molar-refractivity contribution >= 4 is 45.8 Å². The molecule has 2 heterocycles. The Morgan fingerprint density at radius 1 is 0.662 bits per heavy atom. The van der Waals surface area contributed by atoms with Crippen LogP contribution in [0.2, 0.25) is 5.02 Å². The van der Waals surface area contributed by atoms with Gasteiger partial charge >= 0.3 is 0 Å². The first-order valence-electron chi connectivity index (χ1n) is 22.1. The molecule has 7 aromatic rings. The van der Waals surface area contributed by atoms with E-state index in [0.717, 1.165) is 65.8 Å². The third-order valence-electron chi connectivity index (χ3n) is 11.1. The Hall–Kier alpha value is -6.82. The summed E-state index contributed by atoms with van der Waals surface area (Å²) < 4.78 is 37.2. The maximum atomic E-state index is 13.6. The maximum absolute atomic E-state index is 13.6. The number of fused-ring (bicyclic) bond motifs is 2. The fourth-order valence-electron chi connectivity index (χ4n) is 7.76. The lowest BCUT2D eigenvalue weighted by Crippen LogP contribution is -2.37. The number of rotatable bonds is 22. The summed E-state index contributed by atoms with van der Waals surface area (Å²) in [7, 11) is 0. The van der Waals surface area contributed by atoms with Crippen LogP contribution in [-0.4, -0.2) is 41.6 Å². The molecule has 0 fully saturated rings. The monoisotopic (exact) mass is 892 g/mol. The van der Waals surface area contributed by atoms with Crippen LogP contribution in [0.4, 0.5) is 15.9 Å². The minimum absolute atomic E-state index is 0.174. The van der Waals surface area contributed by atoms with Gasteiger partial charge in [-0.1, -0.05) is 98.3 Å². The van der Waals surface area contributed by atoms with Gasteiger partial charge in [0.2, 0.25) is 5.91 Å². The summed E-state index contributed by atoms with van der Waals surface area (Å²) in [4.78, 5) is 33.1. The predicted octanol–water partition coefficient (Wildman–Crippen LogP) is 12.4. The summed E-state index contributed by atoms with van der Waals surface area (Å²) in [5, 5.41) is 7.02. The van der Waals surface area contributed by atoms with Crippen LogP contribution < -0.4 is 24.8 Å². The molecule has 1 aromatic heterocycles. The van der Waals surface area contributed by atoms with Crippen molar-refractivity contribution in [1.82, 2.24) is 15.3 Å². The molecule has 2 amide bonds. The molecule has 12 heteroatoms. The highest BCUT2D eigenvalue weighted by Crippen LogP contribution is 2.34. The van der Waals surface area contributed by atoms with E-state index in [1.807, 2.05) is 54.6 Å². The van der Waals surface area contributed by atoms with Crippen molar-refractivity contribution in [2.75, 3.05) is 25.1 Å². The van der Waals surface area contributed by atoms with Crippen LogP contribution >= 0.6 is 11.6 Å². The van der Waals surface area contributed by atoms with Gasteiger partial charge in [0, 0.05) is 17.7 Å². The van der Waals surface area contributed by atoms with Crippen molar-refractivity contribution in [3.63, 3.8) is 0 Å². The van der Waals surface area contributed by atoms with Gasteiger partial charge in [-0.2, -0.15) is 0 Å². The number of hydrogen-bond acceptors (Lipinski definition) is 9. The molecule has 0 aliphatic carbocycles. The van der Waals surface area contributed by atoms with E-state index in [1.165, 1.54) is 49.7 Å². The van der Waals surface area contributed by atoms with Crippen LogP contribution in [0.1, 0.15) is 72.0 Å². The number of amides is 2. The number of carbonyl (C=O) groups is 2. The largest absolute Gasteiger partial charge is 0.491 e. The lowest BCUT2D eigenvalue weighted by molar-refractivity contribution is -0.119. The number of nitrogens with one attached hydrogen (secondary N) is 2. The average molecular weight is 893 g/mol. The fourth-order valence-corrected chi connectivity index (χ4v) is 8.00. The minimum atomic E-state index is -0.416. The number of imide groups is 1. The number of nitrogens with zero attached hydrogens (tertiary/aromatic N) is 2. The second kappa shape index (κ2) is 22.2. The van der Waals surface area contributed by atoms with Crippen LogP contribution in [0.15, 0.2) is 134 Å². The standard InChI is InChI=1S/C53H50ClFN4O6/c54-46-33-42(20-26-48(46)64-34-37-11-8-13-41(55)30-37)58-52-45-31-39(19-25-47(45)56-35-57-52)38-17-23-43(24-18-38)63-29-28-62-27-7-5-3-1-2-4-6-10-36-15-21-44(22-16-36)65-49-14-9-12-40-32-50(60)59-53(61)51(40)49/h8-9,11-26,30-31,33,35H,1-7,10,27-29,32,34H2,(H,56,57,58)(H,59,60,61). The van der Waals surface area contributed by atoms with Crippen LogP contribution in [-0.2, 0) is 29.0 Å². The smallest absolute Gasteiger partial charge is 0.261 e. The van der Waals surface area contributed by atoms with Gasteiger partial charge in [-0.3, -0.25) is 14.9 Å². The molecule has 0 spiro atoms. The Kier molecular flexibility index (Phi) is 15.3. The third kappa shape index (κ3) is 12.5.